The van der Waals surface area contributed by atoms with Crippen molar-refractivity contribution in [3.8, 4) is 0 Å². The Hall–Kier alpha value is -1.00. The SMILES string of the molecule is COC(C)CC(O)c1c(F)ccc(C)c1F. The third-order valence-electron chi connectivity index (χ3n) is 2.61. The van der Waals surface area contributed by atoms with E-state index < -0.39 is 17.7 Å². The van der Waals surface area contributed by atoms with Crippen molar-refractivity contribution in [2.24, 2.45) is 0 Å². The minimum Gasteiger partial charge on any atom is -0.388 e. The number of aliphatic hydroxyl groups is 1. The fourth-order valence-corrected chi connectivity index (χ4v) is 1.51. The van der Waals surface area contributed by atoms with Crippen molar-refractivity contribution in [2.45, 2.75) is 32.5 Å². The quantitative estimate of drug-likeness (QED) is 0.861. The standard InChI is InChI=1S/C12H16F2O2/c1-7-4-5-9(13)11(12(7)14)10(15)6-8(2)16-3/h4-5,8,10,15H,6H2,1-3H3. The molecule has 0 saturated heterocycles. The average molecular weight is 230 g/mol. The Balaban J connectivity index is 2.98. The van der Waals surface area contributed by atoms with Gasteiger partial charge in [0.15, 0.2) is 0 Å². The van der Waals surface area contributed by atoms with Crippen LogP contribution in [-0.4, -0.2) is 18.3 Å². The van der Waals surface area contributed by atoms with E-state index in [9.17, 15) is 13.9 Å². The minimum absolute atomic E-state index is 0.161. The number of aryl methyl sites for hydroxylation is 1. The summed E-state index contributed by atoms with van der Waals surface area (Å²) < 4.78 is 32.0. The minimum atomic E-state index is -1.19. The Kier molecular flexibility index (Phi) is 4.38. The molecule has 0 radical (unpaired) electrons. The molecule has 2 nitrogen and oxygen atoms in total. The number of ether oxygens (including phenoxy) is 1. The van der Waals surface area contributed by atoms with E-state index >= 15 is 0 Å². The van der Waals surface area contributed by atoms with E-state index in [-0.39, 0.29) is 18.1 Å². The summed E-state index contributed by atoms with van der Waals surface area (Å²) in [6.07, 6.45) is -1.28. The monoisotopic (exact) mass is 230 g/mol. The van der Waals surface area contributed by atoms with Crippen LogP contribution in [0, 0.1) is 18.6 Å². The van der Waals surface area contributed by atoms with Gasteiger partial charge in [-0.1, -0.05) is 6.07 Å². The molecule has 0 bridgehead atoms. The Labute approximate surface area is 93.9 Å². The van der Waals surface area contributed by atoms with Gasteiger partial charge in [-0.2, -0.15) is 0 Å². The van der Waals surface area contributed by atoms with Crippen LogP contribution in [0.4, 0.5) is 8.78 Å². The zero-order valence-electron chi connectivity index (χ0n) is 9.63. The van der Waals surface area contributed by atoms with Gasteiger partial charge in [-0.15, -0.1) is 0 Å². The fraction of sp³-hybridized carbons (Fsp3) is 0.500. The highest BCUT2D eigenvalue weighted by Crippen LogP contribution is 2.26. The Morgan fingerprint density at radius 3 is 2.56 bits per heavy atom. The highest BCUT2D eigenvalue weighted by molar-refractivity contribution is 5.28. The summed E-state index contributed by atoms with van der Waals surface area (Å²) in [6, 6.07) is 2.51. The third-order valence-corrected chi connectivity index (χ3v) is 2.61. The molecule has 0 fully saturated rings. The van der Waals surface area contributed by atoms with Gasteiger partial charge in [0.1, 0.15) is 11.6 Å². The lowest BCUT2D eigenvalue weighted by molar-refractivity contribution is 0.0530. The van der Waals surface area contributed by atoms with Crippen LogP contribution in [0.1, 0.15) is 30.6 Å². The molecule has 0 amide bonds. The van der Waals surface area contributed by atoms with Crippen LogP contribution in [0.5, 0.6) is 0 Å². The van der Waals surface area contributed by atoms with Crippen molar-refractivity contribution in [3.05, 3.63) is 34.9 Å². The van der Waals surface area contributed by atoms with Crippen LogP contribution in [0.25, 0.3) is 0 Å². The second-order valence-electron chi connectivity index (χ2n) is 3.89. The summed E-state index contributed by atoms with van der Waals surface area (Å²) in [5.41, 5.74) is 0.0458. The first-order valence-corrected chi connectivity index (χ1v) is 5.12. The van der Waals surface area contributed by atoms with E-state index in [1.54, 1.807) is 6.92 Å². The summed E-state index contributed by atoms with van der Waals surface area (Å²) in [4.78, 5) is 0. The normalized spacial score (nSPS) is 14.9. The molecular weight excluding hydrogens is 214 g/mol. The third kappa shape index (κ3) is 2.77. The van der Waals surface area contributed by atoms with E-state index in [1.807, 2.05) is 0 Å². The van der Waals surface area contributed by atoms with Gasteiger partial charge in [-0.05, 0) is 25.5 Å². The maximum absolute atomic E-state index is 13.6. The first-order valence-electron chi connectivity index (χ1n) is 5.12. The molecule has 1 N–H and O–H groups in total. The van der Waals surface area contributed by atoms with Crippen LogP contribution >= 0.6 is 0 Å². The lowest BCUT2D eigenvalue weighted by Gasteiger charge is -2.17. The Bertz CT molecular complexity index is 366. The lowest BCUT2D eigenvalue weighted by atomic mass is 10.0. The van der Waals surface area contributed by atoms with Crippen molar-refractivity contribution in [2.75, 3.05) is 7.11 Å². The molecular formula is C12H16F2O2. The molecule has 16 heavy (non-hydrogen) atoms. The van der Waals surface area contributed by atoms with E-state index in [0.29, 0.717) is 5.56 Å². The first-order chi connectivity index (χ1) is 7.47. The number of aliphatic hydroxyl groups excluding tert-OH is 1. The molecule has 0 saturated carbocycles. The molecule has 2 unspecified atom stereocenters. The molecule has 0 heterocycles. The van der Waals surface area contributed by atoms with Gasteiger partial charge in [0, 0.05) is 13.5 Å². The second-order valence-corrected chi connectivity index (χ2v) is 3.89. The fourth-order valence-electron chi connectivity index (χ4n) is 1.51. The molecule has 1 aromatic rings. The highest BCUT2D eigenvalue weighted by Gasteiger charge is 2.21. The molecule has 0 aromatic heterocycles. The number of hydrogen-bond donors (Lipinski definition) is 1. The van der Waals surface area contributed by atoms with E-state index in [1.165, 1.54) is 20.1 Å². The topological polar surface area (TPSA) is 29.5 Å². The molecule has 0 spiro atoms. The molecule has 1 aromatic carbocycles. The molecule has 1 rings (SSSR count). The number of rotatable bonds is 4. The smallest absolute Gasteiger partial charge is 0.134 e. The number of hydrogen-bond acceptors (Lipinski definition) is 2. The number of benzene rings is 1. The Morgan fingerprint density at radius 2 is 2.00 bits per heavy atom. The zero-order valence-corrected chi connectivity index (χ0v) is 9.63. The van der Waals surface area contributed by atoms with Gasteiger partial charge in [0.25, 0.3) is 0 Å². The van der Waals surface area contributed by atoms with Gasteiger partial charge >= 0.3 is 0 Å². The van der Waals surface area contributed by atoms with Crippen LogP contribution in [0.3, 0.4) is 0 Å². The van der Waals surface area contributed by atoms with Crippen LogP contribution in [-0.2, 0) is 4.74 Å². The van der Waals surface area contributed by atoms with Gasteiger partial charge < -0.3 is 9.84 Å². The molecule has 90 valence electrons. The molecule has 2 atom stereocenters. The van der Waals surface area contributed by atoms with E-state index in [0.717, 1.165) is 6.07 Å². The zero-order chi connectivity index (χ0) is 12.3. The largest absolute Gasteiger partial charge is 0.388 e. The van der Waals surface area contributed by atoms with Crippen molar-refractivity contribution < 1.29 is 18.6 Å². The van der Waals surface area contributed by atoms with Crippen molar-refractivity contribution in [1.29, 1.82) is 0 Å². The van der Waals surface area contributed by atoms with Crippen LogP contribution in [0.2, 0.25) is 0 Å². The van der Waals surface area contributed by atoms with Crippen molar-refractivity contribution >= 4 is 0 Å². The summed E-state index contributed by atoms with van der Waals surface area (Å²) in [7, 11) is 1.49. The van der Waals surface area contributed by atoms with Crippen molar-refractivity contribution in [3.63, 3.8) is 0 Å². The molecule has 0 aliphatic heterocycles. The summed E-state index contributed by atoms with van der Waals surface area (Å²) in [5.74, 6) is -1.41. The summed E-state index contributed by atoms with van der Waals surface area (Å²) in [6.45, 7) is 3.26. The highest BCUT2D eigenvalue weighted by atomic mass is 19.1. The van der Waals surface area contributed by atoms with Crippen LogP contribution in [0.15, 0.2) is 12.1 Å². The van der Waals surface area contributed by atoms with Crippen LogP contribution < -0.4 is 0 Å². The predicted octanol–water partition coefficient (Wildman–Crippen LogP) is 2.73. The molecule has 4 heteroatoms. The van der Waals surface area contributed by atoms with Gasteiger partial charge in [0.05, 0.1) is 17.8 Å². The van der Waals surface area contributed by atoms with Crippen molar-refractivity contribution in [1.82, 2.24) is 0 Å². The predicted molar refractivity (Wildman–Crippen MR) is 57.1 cm³/mol. The maximum Gasteiger partial charge on any atom is 0.134 e. The Morgan fingerprint density at radius 1 is 1.38 bits per heavy atom. The number of methoxy groups -OCH3 is 1. The maximum atomic E-state index is 13.6. The van der Waals surface area contributed by atoms with E-state index in [2.05, 4.69) is 0 Å². The van der Waals surface area contributed by atoms with Gasteiger partial charge in [0.2, 0.25) is 0 Å². The van der Waals surface area contributed by atoms with Gasteiger partial charge in [-0.3, -0.25) is 0 Å². The first kappa shape index (κ1) is 13.1. The summed E-state index contributed by atoms with van der Waals surface area (Å²) >= 11 is 0. The second kappa shape index (κ2) is 5.37. The summed E-state index contributed by atoms with van der Waals surface area (Å²) in [5, 5.41) is 9.75. The lowest BCUT2D eigenvalue weighted by Crippen LogP contribution is -2.14. The van der Waals surface area contributed by atoms with Gasteiger partial charge in [-0.25, -0.2) is 8.78 Å². The molecule has 0 aliphatic carbocycles. The average Bonchev–Trinajstić information content (AvgIpc) is 2.24. The van der Waals surface area contributed by atoms with E-state index in [4.69, 9.17) is 4.74 Å². The molecule has 0 aliphatic rings. The number of halogens is 2.